The van der Waals surface area contributed by atoms with Crippen LogP contribution in [0.15, 0.2) is 77.3 Å². The molecule has 0 saturated carbocycles. The number of rotatable bonds is 6. The van der Waals surface area contributed by atoms with Crippen LogP contribution in [-0.4, -0.2) is 28.9 Å². The van der Waals surface area contributed by atoms with Crippen molar-refractivity contribution >= 4 is 73.4 Å². The third-order valence-electron chi connectivity index (χ3n) is 5.14. The molecule has 0 saturated heterocycles. The van der Waals surface area contributed by atoms with E-state index in [0.29, 0.717) is 34.6 Å². The first-order chi connectivity index (χ1) is 16.8. The zero-order valence-electron chi connectivity index (χ0n) is 18.1. The molecule has 0 bridgehead atoms. The predicted octanol–water partition coefficient (Wildman–Crippen LogP) is 5.39. The summed E-state index contributed by atoms with van der Waals surface area (Å²) in [4.78, 5) is 38.2. The lowest BCUT2D eigenvalue weighted by Gasteiger charge is -2.13. The van der Waals surface area contributed by atoms with Crippen LogP contribution in [0.1, 0.15) is 16.1 Å². The molecule has 0 aliphatic carbocycles. The predicted molar refractivity (Wildman–Crippen MR) is 142 cm³/mol. The molecule has 10 heteroatoms. The van der Waals surface area contributed by atoms with Crippen LogP contribution in [0.25, 0.3) is 10.9 Å². The first kappa shape index (κ1) is 24.8. The summed E-state index contributed by atoms with van der Waals surface area (Å²) in [5.41, 5.74) is 4.65. The molecule has 3 N–H and O–H groups in total. The minimum Gasteiger partial charge on any atom is -0.347 e. The molecule has 0 atom stereocenters. The van der Waals surface area contributed by atoms with E-state index >= 15 is 0 Å². The van der Waals surface area contributed by atoms with Crippen LogP contribution in [0, 0.1) is 0 Å². The molecule has 178 valence electrons. The molecule has 35 heavy (non-hydrogen) atoms. The van der Waals surface area contributed by atoms with Crippen molar-refractivity contribution in [1.82, 2.24) is 9.99 Å². The second-order valence-electron chi connectivity index (χ2n) is 7.58. The van der Waals surface area contributed by atoms with Crippen LogP contribution < -0.4 is 16.1 Å². The summed E-state index contributed by atoms with van der Waals surface area (Å²) in [7, 11) is 0. The molecule has 1 aromatic heterocycles. The molecule has 0 unspecified atom stereocenters. The smallest absolute Gasteiger partial charge is 0.328 e. The van der Waals surface area contributed by atoms with Crippen LogP contribution >= 0.6 is 39.1 Å². The average molecular weight is 574 g/mol. The summed E-state index contributed by atoms with van der Waals surface area (Å²) in [6.07, 6.45) is 0.581. The van der Waals surface area contributed by atoms with Crippen LogP contribution in [0.3, 0.4) is 0 Å². The van der Waals surface area contributed by atoms with E-state index in [0.717, 1.165) is 10.0 Å². The largest absolute Gasteiger partial charge is 0.347 e. The van der Waals surface area contributed by atoms with Gasteiger partial charge in [0.2, 0.25) is 0 Å². The Bertz CT molecular complexity index is 1420. The van der Waals surface area contributed by atoms with Crippen molar-refractivity contribution < 1.29 is 14.4 Å². The second-order valence-corrected chi connectivity index (χ2v) is 9.31. The van der Waals surface area contributed by atoms with E-state index in [1.54, 1.807) is 36.4 Å². The van der Waals surface area contributed by atoms with Crippen LogP contribution in [0.4, 0.5) is 5.69 Å². The van der Waals surface area contributed by atoms with Crippen LogP contribution in [0.2, 0.25) is 10.0 Å². The van der Waals surface area contributed by atoms with Gasteiger partial charge in [-0.05, 0) is 54.4 Å². The van der Waals surface area contributed by atoms with E-state index in [-0.39, 0.29) is 10.7 Å². The highest BCUT2D eigenvalue weighted by Crippen LogP contribution is 2.27. The third kappa shape index (κ3) is 6.03. The van der Waals surface area contributed by atoms with Crippen molar-refractivity contribution in [2.24, 2.45) is 0 Å². The SMILES string of the molecule is O=C(NCCc1ccccc1)C(=O)Nn1c(C(=O)Nc2ccc(Cl)c(Cl)c2)cc2cc(Br)ccc21. The van der Waals surface area contributed by atoms with Crippen LogP contribution in [-0.2, 0) is 16.0 Å². The number of nitrogens with zero attached hydrogens (tertiary/aromatic N) is 1. The number of hydrogen-bond donors (Lipinski definition) is 3. The van der Waals surface area contributed by atoms with Gasteiger partial charge >= 0.3 is 11.8 Å². The van der Waals surface area contributed by atoms with Gasteiger partial charge < -0.3 is 10.6 Å². The maximum Gasteiger partial charge on any atom is 0.328 e. The van der Waals surface area contributed by atoms with E-state index in [2.05, 4.69) is 32.0 Å². The zero-order valence-corrected chi connectivity index (χ0v) is 21.2. The third-order valence-corrected chi connectivity index (χ3v) is 6.37. The maximum absolute atomic E-state index is 13.1. The number of benzene rings is 3. The number of aromatic nitrogens is 1. The lowest BCUT2D eigenvalue weighted by atomic mass is 10.1. The van der Waals surface area contributed by atoms with Gasteiger partial charge in [-0.1, -0.05) is 69.5 Å². The highest BCUT2D eigenvalue weighted by atomic mass is 79.9. The standard InChI is InChI=1S/C25H19BrCl2N4O3/c26-17-6-9-21-16(12-17)13-22(23(33)30-18-7-8-19(27)20(28)14-18)32(21)31-25(35)24(34)29-11-10-15-4-2-1-3-5-15/h1-9,12-14H,10-11H2,(H,29,34)(H,30,33)(H,31,35). The molecular formula is C25H19BrCl2N4O3. The number of halogens is 3. The van der Waals surface area contributed by atoms with Gasteiger partial charge in [-0.25, -0.2) is 4.68 Å². The minimum atomic E-state index is -0.901. The van der Waals surface area contributed by atoms with Crippen molar-refractivity contribution in [3.63, 3.8) is 0 Å². The van der Waals surface area contributed by atoms with Crippen molar-refractivity contribution in [3.05, 3.63) is 98.6 Å². The van der Waals surface area contributed by atoms with Crippen molar-refractivity contribution in [2.45, 2.75) is 6.42 Å². The Balaban J connectivity index is 1.53. The van der Waals surface area contributed by atoms with E-state index in [1.165, 1.54) is 10.7 Å². The number of nitrogens with one attached hydrogen (secondary N) is 3. The Morgan fingerprint density at radius 3 is 2.37 bits per heavy atom. The fourth-order valence-corrected chi connectivity index (χ4v) is 4.12. The summed E-state index contributed by atoms with van der Waals surface area (Å²) < 4.78 is 2.08. The fourth-order valence-electron chi connectivity index (χ4n) is 3.44. The molecule has 0 spiro atoms. The summed E-state index contributed by atoms with van der Waals surface area (Å²) >= 11 is 15.4. The Labute approximate surface area is 219 Å². The van der Waals surface area contributed by atoms with Crippen molar-refractivity contribution in [3.8, 4) is 0 Å². The molecule has 4 rings (SSSR count). The molecule has 1 heterocycles. The average Bonchev–Trinajstić information content (AvgIpc) is 3.19. The van der Waals surface area contributed by atoms with Crippen molar-refractivity contribution in [2.75, 3.05) is 17.3 Å². The van der Waals surface area contributed by atoms with Gasteiger partial charge in [0, 0.05) is 22.1 Å². The Hall–Kier alpha value is -3.33. The molecule has 4 aromatic rings. The summed E-state index contributed by atoms with van der Waals surface area (Å²) in [5.74, 6) is -2.22. The van der Waals surface area contributed by atoms with Gasteiger partial charge in [-0.2, -0.15) is 0 Å². The number of hydrogen-bond acceptors (Lipinski definition) is 3. The van der Waals surface area contributed by atoms with Gasteiger partial charge in [0.1, 0.15) is 5.69 Å². The van der Waals surface area contributed by atoms with Gasteiger partial charge in [0.25, 0.3) is 5.91 Å². The summed E-state index contributed by atoms with van der Waals surface area (Å²) in [6.45, 7) is 0.292. The number of carbonyl (C=O) groups is 3. The van der Waals surface area contributed by atoms with Gasteiger partial charge in [-0.3, -0.25) is 19.8 Å². The number of fused-ring (bicyclic) bond motifs is 1. The lowest BCUT2D eigenvalue weighted by Crippen LogP contribution is -2.40. The van der Waals surface area contributed by atoms with Crippen LogP contribution in [0.5, 0.6) is 0 Å². The first-order valence-electron chi connectivity index (χ1n) is 10.5. The molecule has 0 fully saturated rings. The Morgan fingerprint density at radius 2 is 1.63 bits per heavy atom. The van der Waals surface area contributed by atoms with E-state index in [4.69, 9.17) is 23.2 Å². The highest BCUT2D eigenvalue weighted by Gasteiger charge is 2.21. The van der Waals surface area contributed by atoms with Crippen molar-refractivity contribution in [1.29, 1.82) is 0 Å². The second kappa shape index (κ2) is 10.9. The molecule has 0 radical (unpaired) electrons. The first-order valence-corrected chi connectivity index (χ1v) is 12.1. The normalized spacial score (nSPS) is 10.7. The number of carbonyl (C=O) groups excluding carboxylic acids is 3. The molecule has 7 nitrogen and oxygen atoms in total. The molecule has 0 aliphatic heterocycles. The highest BCUT2D eigenvalue weighted by molar-refractivity contribution is 9.10. The molecule has 0 aliphatic rings. The van der Waals surface area contributed by atoms with Gasteiger partial charge in [0.15, 0.2) is 0 Å². The zero-order chi connectivity index (χ0) is 24.9. The number of amides is 3. The van der Waals surface area contributed by atoms with E-state index in [1.807, 2.05) is 30.3 Å². The van der Waals surface area contributed by atoms with Gasteiger partial charge in [0.05, 0.1) is 15.6 Å². The molecule has 3 amide bonds. The topological polar surface area (TPSA) is 92.2 Å². The molecule has 3 aromatic carbocycles. The molecular weight excluding hydrogens is 555 g/mol. The maximum atomic E-state index is 13.1. The van der Waals surface area contributed by atoms with Gasteiger partial charge in [-0.15, -0.1) is 0 Å². The monoisotopic (exact) mass is 572 g/mol. The van der Waals surface area contributed by atoms with E-state index < -0.39 is 17.7 Å². The van der Waals surface area contributed by atoms with E-state index in [9.17, 15) is 14.4 Å². The quantitative estimate of drug-likeness (QED) is 0.270. The summed E-state index contributed by atoms with van der Waals surface area (Å²) in [6, 6.07) is 21.2. The Morgan fingerprint density at radius 1 is 0.857 bits per heavy atom. The summed E-state index contributed by atoms with van der Waals surface area (Å²) in [5, 5.41) is 6.66. The lowest BCUT2D eigenvalue weighted by molar-refractivity contribution is -0.136. The fraction of sp³-hybridized carbons (Fsp3) is 0.0800. The number of anilines is 1. The Kier molecular flexibility index (Phi) is 7.75. The minimum absolute atomic E-state index is 0.120.